The summed E-state index contributed by atoms with van der Waals surface area (Å²) in [6, 6.07) is 8.02. The lowest BCUT2D eigenvalue weighted by Gasteiger charge is -2.04. The van der Waals surface area contributed by atoms with E-state index in [0.29, 0.717) is 23.0 Å². The molecule has 28 heavy (non-hydrogen) atoms. The van der Waals surface area contributed by atoms with E-state index >= 15 is 0 Å². The summed E-state index contributed by atoms with van der Waals surface area (Å²) in [5, 5.41) is 6.99. The fourth-order valence-electron chi connectivity index (χ4n) is 2.30. The molecule has 148 valence electrons. The fraction of sp³-hybridized carbons (Fsp3) is 0.263. The van der Waals surface area contributed by atoms with E-state index in [4.69, 9.17) is 22.1 Å². The van der Waals surface area contributed by atoms with Gasteiger partial charge in [0.2, 0.25) is 5.91 Å². The van der Waals surface area contributed by atoms with Crippen molar-refractivity contribution >= 4 is 35.5 Å². The van der Waals surface area contributed by atoms with Gasteiger partial charge in [-0.2, -0.15) is 5.10 Å². The Labute approximate surface area is 167 Å². The number of aryl methyl sites for hydroxylation is 2. The molecule has 8 nitrogen and oxygen atoms in total. The van der Waals surface area contributed by atoms with E-state index < -0.39 is 24.4 Å². The van der Waals surface area contributed by atoms with Crippen LogP contribution in [-0.2, 0) is 25.7 Å². The second kappa shape index (κ2) is 9.70. The van der Waals surface area contributed by atoms with Crippen molar-refractivity contribution in [2.75, 3.05) is 13.2 Å². The van der Waals surface area contributed by atoms with Crippen molar-refractivity contribution in [3.05, 3.63) is 57.9 Å². The molecular formula is C19H21ClN4O4. The van der Waals surface area contributed by atoms with Crippen LogP contribution in [0.25, 0.3) is 6.08 Å². The molecule has 0 aliphatic carbocycles. The van der Waals surface area contributed by atoms with Gasteiger partial charge in [-0.3, -0.25) is 9.59 Å². The first kappa shape index (κ1) is 21.2. The molecule has 0 fully saturated rings. The van der Waals surface area contributed by atoms with Crippen LogP contribution < -0.4 is 11.1 Å². The molecule has 9 heteroatoms. The first-order chi connectivity index (χ1) is 13.3. The maximum atomic E-state index is 11.8. The highest BCUT2D eigenvalue weighted by molar-refractivity contribution is 6.31. The van der Waals surface area contributed by atoms with Gasteiger partial charge in [0.15, 0.2) is 6.61 Å². The van der Waals surface area contributed by atoms with Crippen LogP contribution in [0.1, 0.15) is 22.4 Å². The average molecular weight is 405 g/mol. The smallest absolute Gasteiger partial charge is 0.331 e. The number of carbonyl (C=O) groups is 3. The summed E-state index contributed by atoms with van der Waals surface area (Å²) in [5.41, 5.74) is 8.35. The SMILES string of the molecule is Cc1ccc(Cn2nc(C)c(/C=C/C(=O)OCC(=O)NCC(N)=O)c2Cl)cc1. The number of nitrogens with two attached hydrogens (primary N) is 1. The summed E-state index contributed by atoms with van der Waals surface area (Å²) in [4.78, 5) is 33.7. The molecule has 2 aromatic rings. The molecule has 0 saturated heterocycles. The topological polar surface area (TPSA) is 116 Å². The minimum absolute atomic E-state index is 0.318. The van der Waals surface area contributed by atoms with Crippen molar-refractivity contribution in [2.24, 2.45) is 5.73 Å². The van der Waals surface area contributed by atoms with Gasteiger partial charge in [0, 0.05) is 11.6 Å². The molecule has 3 N–H and O–H groups in total. The average Bonchev–Trinajstić information content (AvgIpc) is 2.91. The third kappa shape index (κ3) is 6.24. The lowest BCUT2D eigenvalue weighted by molar-refractivity contribution is -0.143. The number of amides is 2. The van der Waals surface area contributed by atoms with Gasteiger partial charge in [0.25, 0.3) is 5.91 Å². The zero-order chi connectivity index (χ0) is 20.7. The summed E-state index contributed by atoms with van der Waals surface area (Å²) >= 11 is 6.38. The third-order valence-corrected chi connectivity index (χ3v) is 4.15. The molecule has 0 aliphatic rings. The van der Waals surface area contributed by atoms with E-state index in [1.54, 1.807) is 11.6 Å². The van der Waals surface area contributed by atoms with Crippen LogP contribution in [0.15, 0.2) is 30.3 Å². The largest absolute Gasteiger partial charge is 0.452 e. The van der Waals surface area contributed by atoms with Gasteiger partial charge >= 0.3 is 5.97 Å². The summed E-state index contributed by atoms with van der Waals surface area (Å²) in [6.45, 7) is 3.45. The Morgan fingerprint density at radius 1 is 1.25 bits per heavy atom. The molecule has 0 saturated carbocycles. The minimum Gasteiger partial charge on any atom is -0.452 e. The van der Waals surface area contributed by atoms with E-state index in [9.17, 15) is 14.4 Å². The molecule has 0 unspecified atom stereocenters. The number of aromatic nitrogens is 2. The third-order valence-electron chi connectivity index (χ3n) is 3.75. The highest BCUT2D eigenvalue weighted by atomic mass is 35.5. The lowest BCUT2D eigenvalue weighted by Crippen LogP contribution is -2.35. The number of carbonyl (C=O) groups excluding carboxylic acids is 3. The first-order valence-electron chi connectivity index (χ1n) is 8.44. The van der Waals surface area contributed by atoms with E-state index in [-0.39, 0.29) is 6.54 Å². The Kier molecular flexibility index (Phi) is 7.34. The van der Waals surface area contributed by atoms with Crippen LogP contribution in [0.2, 0.25) is 5.15 Å². The molecule has 0 radical (unpaired) electrons. The quantitative estimate of drug-likeness (QED) is 0.509. The fourth-order valence-corrected chi connectivity index (χ4v) is 2.60. The standard InChI is InChI=1S/C19H21ClN4O4/c1-12-3-5-14(6-4-12)10-24-19(20)15(13(2)23-24)7-8-18(27)28-11-17(26)22-9-16(21)25/h3-8H,9-11H2,1-2H3,(H2,21,25)(H,22,26)/b8-7+. The van der Waals surface area contributed by atoms with Crippen molar-refractivity contribution < 1.29 is 19.1 Å². The van der Waals surface area contributed by atoms with E-state index in [0.717, 1.165) is 17.2 Å². The number of hydrogen-bond acceptors (Lipinski definition) is 5. The summed E-state index contributed by atoms with van der Waals surface area (Å²) in [7, 11) is 0. The van der Waals surface area contributed by atoms with Gasteiger partial charge in [-0.25, -0.2) is 9.48 Å². The number of esters is 1. The Hall–Kier alpha value is -3.13. The Bertz CT molecular complexity index is 903. The predicted molar refractivity (Wildman–Crippen MR) is 104 cm³/mol. The van der Waals surface area contributed by atoms with Crippen LogP contribution in [0.5, 0.6) is 0 Å². The summed E-state index contributed by atoms with van der Waals surface area (Å²) < 4.78 is 6.43. The molecule has 1 aromatic heterocycles. The number of nitrogens with zero attached hydrogens (tertiary/aromatic N) is 2. The zero-order valence-corrected chi connectivity index (χ0v) is 16.3. The Morgan fingerprint density at radius 2 is 1.93 bits per heavy atom. The van der Waals surface area contributed by atoms with Gasteiger partial charge in [-0.05, 0) is 25.5 Å². The van der Waals surface area contributed by atoms with Crippen LogP contribution in [0.4, 0.5) is 0 Å². The minimum atomic E-state index is -0.726. The molecule has 0 spiro atoms. The van der Waals surface area contributed by atoms with Gasteiger partial charge in [-0.1, -0.05) is 41.4 Å². The summed E-state index contributed by atoms with van der Waals surface area (Å²) in [5.74, 6) is -2.04. The second-order valence-electron chi connectivity index (χ2n) is 6.12. The predicted octanol–water partition coefficient (Wildman–Crippen LogP) is 1.36. The normalized spacial score (nSPS) is 10.8. The van der Waals surface area contributed by atoms with Crippen LogP contribution in [0.3, 0.4) is 0 Å². The number of halogens is 1. The van der Waals surface area contributed by atoms with Gasteiger partial charge in [0.1, 0.15) is 5.15 Å². The number of primary amides is 1. The van der Waals surface area contributed by atoms with Crippen LogP contribution >= 0.6 is 11.6 Å². The van der Waals surface area contributed by atoms with Gasteiger partial charge in [0.05, 0.1) is 18.8 Å². The maximum absolute atomic E-state index is 11.8. The molecule has 0 bridgehead atoms. The highest BCUT2D eigenvalue weighted by Gasteiger charge is 2.12. The number of rotatable bonds is 8. The molecule has 1 aromatic carbocycles. The molecule has 1 heterocycles. The van der Waals surface area contributed by atoms with Crippen molar-refractivity contribution in [3.8, 4) is 0 Å². The van der Waals surface area contributed by atoms with Crippen molar-refractivity contribution in [1.29, 1.82) is 0 Å². The second-order valence-corrected chi connectivity index (χ2v) is 6.48. The van der Waals surface area contributed by atoms with Crippen molar-refractivity contribution in [2.45, 2.75) is 20.4 Å². The van der Waals surface area contributed by atoms with Crippen molar-refractivity contribution in [1.82, 2.24) is 15.1 Å². The Morgan fingerprint density at radius 3 is 2.57 bits per heavy atom. The van der Waals surface area contributed by atoms with E-state index in [1.165, 1.54) is 6.08 Å². The van der Waals surface area contributed by atoms with Gasteiger partial charge < -0.3 is 15.8 Å². The number of benzene rings is 1. The van der Waals surface area contributed by atoms with Crippen LogP contribution in [-0.4, -0.2) is 40.7 Å². The van der Waals surface area contributed by atoms with Gasteiger partial charge in [-0.15, -0.1) is 0 Å². The van der Waals surface area contributed by atoms with E-state index in [2.05, 4.69) is 10.4 Å². The summed E-state index contributed by atoms with van der Waals surface area (Å²) in [6.07, 6.45) is 2.65. The van der Waals surface area contributed by atoms with E-state index in [1.807, 2.05) is 31.2 Å². The molecule has 0 atom stereocenters. The number of ether oxygens (including phenoxy) is 1. The highest BCUT2D eigenvalue weighted by Crippen LogP contribution is 2.22. The first-order valence-corrected chi connectivity index (χ1v) is 8.82. The number of hydrogen-bond donors (Lipinski definition) is 2. The molecule has 0 aliphatic heterocycles. The zero-order valence-electron chi connectivity index (χ0n) is 15.6. The maximum Gasteiger partial charge on any atom is 0.331 e. The van der Waals surface area contributed by atoms with Crippen molar-refractivity contribution in [3.63, 3.8) is 0 Å². The Balaban J connectivity index is 1.96. The number of nitrogens with one attached hydrogen (secondary N) is 1. The molecule has 2 amide bonds. The van der Waals surface area contributed by atoms with Crippen LogP contribution in [0, 0.1) is 13.8 Å². The molecular weight excluding hydrogens is 384 g/mol. The molecule has 2 rings (SSSR count). The lowest BCUT2D eigenvalue weighted by atomic mass is 10.1. The monoisotopic (exact) mass is 404 g/mol.